The number of hydrogen-bond donors (Lipinski definition) is 0. The fraction of sp³-hybridized carbons (Fsp3) is 0.129. The highest BCUT2D eigenvalue weighted by Gasteiger charge is 2.52. The monoisotopic (exact) mass is 888 g/mol. The van der Waals surface area contributed by atoms with Gasteiger partial charge >= 0.3 is 0 Å². The molecule has 11 rings (SSSR count). The quantitative estimate of drug-likeness (QED) is 0.115. The van der Waals surface area contributed by atoms with Crippen molar-refractivity contribution in [2.24, 2.45) is 0 Å². The highest BCUT2D eigenvalue weighted by molar-refractivity contribution is 7.99. The topological polar surface area (TPSA) is 24.9 Å². The van der Waals surface area contributed by atoms with Crippen molar-refractivity contribution in [3.05, 3.63) is 252 Å². The summed E-state index contributed by atoms with van der Waals surface area (Å²) in [6.07, 6.45) is 0. The van der Waals surface area contributed by atoms with Crippen molar-refractivity contribution in [3.63, 3.8) is 0 Å². The molecule has 3 unspecified atom stereocenters. The Morgan fingerprint density at radius 1 is 0.358 bits per heavy atom. The predicted molar refractivity (Wildman–Crippen MR) is 278 cm³/mol. The van der Waals surface area contributed by atoms with Gasteiger partial charge in [-0.25, -0.2) is 0 Å². The SMILES string of the molecule is COc1cccc(C2C(c3ccccc3)C2c2ccc(N(c3ccc(Sc4ccc(N(c5ccccc5)c5cccc(OC)c5)cc4)cc3)c3ccc4c(c3)C(C)(C)c3ccccc3-4)cc2)c1. The third-order valence-corrected chi connectivity index (χ3v) is 14.8. The third-order valence-electron chi connectivity index (χ3n) is 13.8. The van der Waals surface area contributed by atoms with E-state index >= 15 is 0 Å². The van der Waals surface area contributed by atoms with E-state index in [9.17, 15) is 0 Å². The molecule has 1 saturated carbocycles. The smallest absolute Gasteiger partial charge is 0.120 e. The van der Waals surface area contributed by atoms with Crippen LogP contribution >= 0.6 is 11.8 Å². The molecule has 0 heterocycles. The minimum atomic E-state index is -0.118. The number of fused-ring (bicyclic) bond motifs is 3. The van der Waals surface area contributed by atoms with Gasteiger partial charge in [0.05, 0.1) is 14.2 Å². The molecular formula is C62H52N2O2S. The fourth-order valence-electron chi connectivity index (χ4n) is 10.4. The van der Waals surface area contributed by atoms with E-state index in [1.54, 1.807) is 26.0 Å². The zero-order chi connectivity index (χ0) is 45.5. The van der Waals surface area contributed by atoms with E-state index in [0.29, 0.717) is 17.8 Å². The highest BCUT2D eigenvalue weighted by Crippen LogP contribution is 2.66. The zero-order valence-corrected chi connectivity index (χ0v) is 39.0. The van der Waals surface area contributed by atoms with Crippen LogP contribution in [0.1, 0.15) is 59.4 Å². The van der Waals surface area contributed by atoms with Gasteiger partial charge in [-0.05, 0) is 166 Å². The maximum absolute atomic E-state index is 5.67. The Morgan fingerprint density at radius 3 is 1.42 bits per heavy atom. The minimum Gasteiger partial charge on any atom is -0.497 e. The van der Waals surface area contributed by atoms with Crippen LogP contribution in [0.2, 0.25) is 0 Å². The molecule has 5 heteroatoms. The Kier molecular flexibility index (Phi) is 11.2. The summed E-state index contributed by atoms with van der Waals surface area (Å²) in [6, 6.07) is 81.4. The summed E-state index contributed by atoms with van der Waals surface area (Å²) in [5.41, 5.74) is 15.9. The molecule has 0 spiro atoms. The molecule has 3 atom stereocenters. The van der Waals surface area contributed by atoms with Crippen LogP contribution in [-0.4, -0.2) is 14.2 Å². The van der Waals surface area contributed by atoms with Gasteiger partial charge < -0.3 is 19.3 Å². The lowest BCUT2D eigenvalue weighted by Crippen LogP contribution is -2.16. The van der Waals surface area contributed by atoms with E-state index in [1.165, 1.54) is 48.7 Å². The second-order valence-electron chi connectivity index (χ2n) is 18.1. The van der Waals surface area contributed by atoms with Crippen LogP contribution in [0.5, 0.6) is 11.5 Å². The fourth-order valence-corrected chi connectivity index (χ4v) is 11.3. The Labute approximate surface area is 399 Å². The Balaban J connectivity index is 0.912. The number of rotatable bonds is 13. The first-order chi connectivity index (χ1) is 32.9. The van der Waals surface area contributed by atoms with Crippen LogP contribution in [0.4, 0.5) is 34.1 Å². The number of hydrogen-bond acceptors (Lipinski definition) is 5. The molecule has 1 fully saturated rings. The molecule has 67 heavy (non-hydrogen) atoms. The Bertz CT molecular complexity index is 3170. The Hall–Kier alpha value is -7.47. The molecule has 0 saturated heterocycles. The standard InChI is InChI=1S/C62H52N2O2S/c1-62(2)57-24-12-11-23-55(57)56-38-33-50(41-58(56)62)64(46-27-25-43(26-28-46)60-59(42-15-7-5-8-16-42)61(60)44-17-13-21-51(39-44)65-3)48-31-36-54(37-32-48)67-53-34-29-47(30-35-53)63(45-18-9-6-10-19-45)49-20-14-22-52(40-49)66-4/h5-41,59-61H,1-4H3. The molecule has 0 radical (unpaired) electrons. The van der Waals surface area contributed by atoms with Gasteiger partial charge in [0.1, 0.15) is 11.5 Å². The lowest BCUT2D eigenvalue weighted by Gasteiger charge is -2.28. The van der Waals surface area contributed by atoms with Crippen molar-refractivity contribution in [2.75, 3.05) is 24.0 Å². The van der Waals surface area contributed by atoms with Gasteiger partial charge in [-0.2, -0.15) is 0 Å². The van der Waals surface area contributed by atoms with E-state index < -0.39 is 0 Å². The number of ether oxygens (including phenoxy) is 2. The van der Waals surface area contributed by atoms with Crippen LogP contribution < -0.4 is 19.3 Å². The van der Waals surface area contributed by atoms with E-state index in [2.05, 4.69) is 224 Å². The second-order valence-corrected chi connectivity index (χ2v) is 19.2. The normalized spacial score (nSPS) is 16.4. The first-order valence-electron chi connectivity index (χ1n) is 23.1. The van der Waals surface area contributed by atoms with Gasteiger partial charge in [0.25, 0.3) is 0 Å². The van der Waals surface area contributed by atoms with E-state index in [4.69, 9.17) is 9.47 Å². The summed E-state index contributed by atoms with van der Waals surface area (Å²) in [5.74, 6) is 2.86. The van der Waals surface area contributed by atoms with Crippen LogP contribution in [0.15, 0.2) is 234 Å². The molecule has 4 nitrogen and oxygen atoms in total. The maximum atomic E-state index is 5.67. The van der Waals surface area contributed by atoms with Gasteiger partial charge in [0, 0.05) is 55.4 Å². The summed E-state index contributed by atoms with van der Waals surface area (Å²) in [6.45, 7) is 4.71. The summed E-state index contributed by atoms with van der Waals surface area (Å²) in [5, 5.41) is 0. The van der Waals surface area contributed by atoms with Crippen molar-refractivity contribution < 1.29 is 9.47 Å². The van der Waals surface area contributed by atoms with Crippen LogP contribution in [0.25, 0.3) is 11.1 Å². The highest BCUT2D eigenvalue weighted by atomic mass is 32.2. The molecule has 0 aliphatic heterocycles. The summed E-state index contributed by atoms with van der Waals surface area (Å²) in [7, 11) is 3.46. The average molecular weight is 889 g/mol. The average Bonchev–Trinajstić information content (AvgIpc) is 4.09. The minimum absolute atomic E-state index is 0.118. The van der Waals surface area contributed by atoms with Gasteiger partial charge in [-0.15, -0.1) is 0 Å². The molecule has 9 aromatic carbocycles. The number of benzene rings is 9. The van der Waals surface area contributed by atoms with Crippen LogP contribution in [0.3, 0.4) is 0 Å². The molecule has 328 valence electrons. The van der Waals surface area contributed by atoms with Crippen LogP contribution in [-0.2, 0) is 5.41 Å². The summed E-state index contributed by atoms with van der Waals surface area (Å²) in [4.78, 5) is 7.03. The summed E-state index contributed by atoms with van der Waals surface area (Å²) < 4.78 is 11.3. The van der Waals surface area contributed by atoms with E-state index in [1.807, 2.05) is 24.3 Å². The van der Waals surface area contributed by atoms with Crippen molar-refractivity contribution >= 4 is 45.9 Å². The molecule has 2 aliphatic rings. The van der Waals surface area contributed by atoms with Crippen molar-refractivity contribution in [1.29, 1.82) is 0 Å². The first kappa shape index (κ1) is 42.2. The van der Waals surface area contributed by atoms with Crippen molar-refractivity contribution in [3.8, 4) is 22.6 Å². The van der Waals surface area contributed by atoms with Gasteiger partial charge in [0.15, 0.2) is 0 Å². The van der Waals surface area contributed by atoms with E-state index in [-0.39, 0.29) is 5.41 Å². The number of anilines is 6. The molecule has 9 aromatic rings. The number of para-hydroxylation sites is 1. The van der Waals surface area contributed by atoms with E-state index in [0.717, 1.165) is 45.6 Å². The maximum Gasteiger partial charge on any atom is 0.120 e. The third kappa shape index (κ3) is 8.04. The molecule has 2 aliphatic carbocycles. The lowest BCUT2D eigenvalue weighted by molar-refractivity contribution is 0.414. The van der Waals surface area contributed by atoms with Gasteiger partial charge in [0.2, 0.25) is 0 Å². The first-order valence-corrected chi connectivity index (χ1v) is 23.9. The largest absolute Gasteiger partial charge is 0.497 e. The molecule has 0 aromatic heterocycles. The lowest BCUT2D eigenvalue weighted by atomic mass is 9.82. The molecule has 0 bridgehead atoms. The molecule has 0 N–H and O–H groups in total. The van der Waals surface area contributed by atoms with Crippen molar-refractivity contribution in [2.45, 2.75) is 46.8 Å². The van der Waals surface area contributed by atoms with Gasteiger partial charge in [-0.3, -0.25) is 0 Å². The zero-order valence-electron chi connectivity index (χ0n) is 38.2. The van der Waals surface area contributed by atoms with Gasteiger partial charge in [-0.1, -0.05) is 135 Å². The van der Waals surface area contributed by atoms with Crippen molar-refractivity contribution in [1.82, 2.24) is 0 Å². The second kappa shape index (κ2) is 17.7. The number of nitrogens with zero attached hydrogens (tertiary/aromatic N) is 2. The Morgan fingerprint density at radius 2 is 0.791 bits per heavy atom. The molecule has 0 amide bonds. The summed E-state index contributed by atoms with van der Waals surface area (Å²) >= 11 is 1.77. The predicted octanol–water partition coefficient (Wildman–Crippen LogP) is 16.8. The molecular weight excluding hydrogens is 837 g/mol. The number of methoxy groups -OCH3 is 2. The van der Waals surface area contributed by atoms with Crippen LogP contribution in [0, 0.1) is 0 Å².